The van der Waals surface area contributed by atoms with Crippen LogP contribution in [0.3, 0.4) is 0 Å². The van der Waals surface area contributed by atoms with E-state index in [4.69, 9.17) is 21.4 Å². The number of rotatable bonds is 10. The van der Waals surface area contributed by atoms with Crippen LogP contribution in [0.2, 0.25) is 5.02 Å². The van der Waals surface area contributed by atoms with E-state index in [1.807, 2.05) is 30.3 Å². The number of aromatic amines is 1. The molecule has 198 valence electrons. The third kappa shape index (κ3) is 6.57. The predicted molar refractivity (Wildman–Crippen MR) is 153 cm³/mol. The first kappa shape index (κ1) is 27.7. The molecule has 0 radical (unpaired) electrons. The van der Waals surface area contributed by atoms with Crippen molar-refractivity contribution in [2.45, 2.75) is 18.6 Å². The zero-order chi connectivity index (χ0) is 27.2. The lowest BCUT2D eigenvalue weighted by molar-refractivity contribution is -0.119. The van der Waals surface area contributed by atoms with Gasteiger partial charge >= 0.3 is 5.69 Å². The number of ether oxygens (including phenoxy) is 1. The molecule has 0 aliphatic carbocycles. The molecule has 4 aromatic rings. The van der Waals surface area contributed by atoms with Crippen LogP contribution in [0.5, 0.6) is 11.6 Å². The molecule has 0 bridgehead atoms. The third-order valence-electron chi connectivity index (χ3n) is 5.77. The molecule has 0 aliphatic heterocycles. The normalized spacial score (nSPS) is 12.6. The minimum absolute atomic E-state index is 0.0881. The van der Waals surface area contributed by atoms with Gasteiger partial charge in [0, 0.05) is 15.6 Å². The average Bonchev–Trinajstić information content (AvgIpc) is 3.21. The van der Waals surface area contributed by atoms with Crippen molar-refractivity contribution >= 4 is 45.8 Å². The van der Waals surface area contributed by atoms with Crippen molar-refractivity contribution in [1.29, 1.82) is 0 Å². The van der Waals surface area contributed by atoms with E-state index in [9.17, 15) is 19.8 Å². The number of benzene rings is 3. The number of carbonyl (C=O) groups excluding carboxylic acids is 1. The highest BCUT2D eigenvalue weighted by Gasteiger charge is 2.28. The molecule has 5 N–H and O–H groups in total. The summed E-state index contributed by atoms with van der Waals surface area (Å²) in [4.78, 5) is 29.2. The zero-order valence-corrected chi connectivity index (χ0v) is 22.9. The molecule has 0 spiro atoms. The van der Waals surface area contributed by atoms with Gasteiger partial charge in [-0.2, -0.15) is 0 Å². The fraction of sp³-hybridized carbons (Fsp3) is 0.185. The van der Waals surface area contributed by atoms with E-state index in [0.29, 0.717) is 22.0 Å². The first-order chi connectivity index (χ1) is 18.3. The Hall–Kier alpha value is -3.32. The van der Waals surface area contributed by atoms with Crippen molar-refractivity contribution < 1.29 is 24.9 Å². The van der Waals surface area contributed by atoms with Gasteiger partial charge in [0.15, 0.2) is 0 Å². The molecule has 4 rings (SSSR count). The number of H-pyrrole nitrogens is 1. The van der Waals surface area contributed by atoms with Crippen LogP contribution < -0.4 is 15.7 Å². The van der Waals surface area contributed by atoms with Gasteiger partial charge in [-0.05, 0) is 70.6 Å². The molecule has 11 heteroatoms. The van der Waals surface area contributed by atoms with Crippen LogP contribution >= 0.6 is 34.2 Å². The Morgan fingerprint density at radius 2 is 1.82 bits per heavy atom. The molecule has 1 amide bonds. The second-order valence-corrected chi connectivity index (χ2v) is 10.1. The van der Waals surface area contributed by atoms with Crippen LogP contribution in [0.15, 0.2) is 77.6 Å². The number of amides is 1. The lowest BCUT2D eigenvalue weighted by Gasteiger charge is -2.19. The van der Waals surface area contributed by atoms with E-state index in [0.717, 1.165) is 13.7 Å². The number of anilines is 1. The molecule has 0 saturated heterocycles. The van der Waals surface area contributed by atoms with Crippen LogP contribution in [0.1, 0.15) is 11.6 Å². The van der Waals surface area contributed by atoms with Crippen molar-refractivity contribution in [2.75, 3.05) is 18.5 Å². The van der Waals surface area contributed by atoms with E-state index >= 15 is 0 Å². The standard InChI is InChI=1S/C27H25ClIN3O6/c28-21-13-18(29)8-11-22(21)30-25(35)23(12-16-4-2-1-3-5-16)32-26(36)24(31-27(32)37)17-6-9-20(10-7-17)38-15-19(34)14-33/h1-11,13,19,23,33-34,36H,12,14-15H2,(H,30,35)(H,31,37)/t19-,23+/m1/s1. The first-order valence-electron chi connectivity index (χ1n) is 11.6. The van der Waals surface area contributed by atoms with Crippen LogP contribution in [0.4, 0.5) is 5.69 Å². The van der Waals surface area contributed by atoms with Gasteiger partial charge in [-0.3, -0.25) is 4.79 Å². The number of nitrogens with one attached hydrogen (secondary N) is 2. The largest absolute Gasteiger partial charge is 0.493 e. The maximum atomic E-state index is 13.5. The summed E-state index contributed by atoms with van der Waals surface area (Å²) in [7, 11) is 0. The van der Waals surface area contributed by atoms with Crippen LogP contribution in [0.25, 0.3) is 11.3 Å². The molecule has 0 fully saturated rings. The van der Waals surface area contributed by atoms with Crippen molar-refractivity contribution in [1.82, 2.24) is 9.55 Å². The number of aromatic nitrogens is 2. The van der Waals surface area contributed by atoms with Crippen molar-refractivity contribution in [3.05, 3.63) is 97.4 Å². The molecule has 0 saturated carbocycles. The van der Waals surface area contributed by atoms with E-state index in [-0.39, 0.29) is 18.7 Å². The number of aliphatic hydroxyl groups is 2. The maximum absolute atomic E-state index is 13.5. The Morgan fingerprint density at radius 1 is 1.11 bits per heavy atom. The Balaban J connectivity index is 1.66. The van der Waals surface area contributed by atoms with Gasteiger partial charge in [0.1, 0.15) is 30.2 Å². The van der Waals surface area contributed by atoms with E-state index < -0.39 is 36.2 Å². The van der Waals surface area contributed by atoms with Gasteiger partial charge in [0.25, 0.3) is 0 Å². The Morgan fingerprint density at radius 3 is 2.47 bits per heavy atom. The number of aliphatic hydroxyl groups excluding tert-OH is 2. The number of hydrogen-bond acceptors (Lipinski definition) is 6. The van der Waals surface area contributed by atoms with Crippen LogP contribution in [-0.2, 0) is 11.2 Å². The molecule has 1 heterocycles. The molecular formula is C27H25ClIN3O6. The summed E-state index contributed by atoms with van der Waals surface area (Å²) in [5.41, 5.74) is 1.14. The summed E-state index contributed by atoms with van der Waals surface area (Å²) < 4.78 is 7.33. The Bertz CT molecular complexity index is 1460. The summed E-state index contributed by atoms with van der Waals surface area (Å²) in [6, 6.07) is 19.7. The quantitative estimate of drug-likeness (QED) is 0.165. The highest BCUT2D eigenvalue weighted by Crippen LogP contribution is 2.32. The van der Waals surface area contributed by atoms with Crippen molar-refractivity contribution in [3.63, 3.8) is 0 Å². The fourth-order valence-electron chi connectivity index (χ4n) is 3.84. The second-order valence-electron chi connectivity index (χ2n) is 8.49. The molecule has 0 aliphatic rings. The molecule has 38 heavy (non-hydrogen) atoms. The number of hydrogen-bond donors (Lipinski definition) is 5. The summed E-state index contributed by atoms with van der Waals surface area (Å²) >= 11 is 8.42. The molecule has 0 unspecified atom stereocenters. The van der Waals surface area contributed by atoms with E-state index in [2.05, 4.69) is 32.9 Å². The summed E-state index contributed by atoms with van der Waals surface area (Å²) in [6.45, 7) is -0.511. The third-order valence-corrected chi connectivity index (χ3v) is 6.76. The highest BCUT2D eigenvalue weighted by atomic mass is 127. The van der Waals surface area contributed by atoms with Crippen LogP contribution in [-0.4, -0.2) is 50.1 Å². The summed E-state index contributed by atoms with van der Waals surface area (Å²) in [6.07, 6.45) is -0.870. The first-order valence-corrected chi connectivity index (χ1v) is 13.1. The molecular weight excluding hydrogens is 625 g/mol. The minimum atomic E-state index is -1.09. The molecule has 2 atom stereocenters. The smallest absolute Gasteiger partial charge is 0.329 e. The van der Waals surface area contributed by atoms with Gasteiger partial charge in [-0.1, -0.05) is 41.9 Å². The highest BCUT2D eigenvalue weighted by molar-refractivity contribution is 14.1. The number of carbonyl (C=O) groups is 1. The van der Waals surface area contributed by atoms with Crippen molar-refractivity contribution in [3.8, 4) is 22.9 Å². The Labute approximate surface area is 236 Å². The molecule has 9 nitrogen and oxygen atoms in total. The molecule has 3 aromatic carbocycles. The summed E-state index contributed by atoms with van der Waals surface area (Å²) in [5, 5.41) is 32.6. The average molecular weight is 650 g/mol. The number of nitrogens with zero attached hydrogens (tertiary/aromatic N) is 1. The van der Waals surface area contributed by atoms with Gasteiger partial charge in [0.2, 0.25) is 11.8 Å². The van der Waals surface area contributed by atoms with E-state index in [1.165, 1.54) is 0 Å². The van der Waals surface area contributed by atoms with Gasteiger partial charge < -0.3 is 30.4 Å². The lowest BCUT2D eigenvalue weighted by Crippen LogP contribution is -2.33. The maximum Gasteiger partial charge on any atom is 0.329 e. The monoisotopic (exact) mass is 649 g/mol. The number of aromatic hydroxyl groups is 1. The second kappa shape index (κ2) is 12.5. The SMILES string of the molecule is O=C(Nc1ccc(I)cc1Cl)[C@H](Cc1ccccc1)n1c(O)c(-c2ccc(OC[C@H](O)CO)cc2)[nH]c1=O. The minimum Gasteiger partial charge on any atom is -0.493 e. The Kier molecular flexibility index (Phi) is 9.10. The van der Waals surface area contributed by atoms with Crippen LogP contribution in [0, 0.1) is 3.57 Å². The molecule has 1 aromatic heterocycles. The zero-order valence-electron chi connectivity index (χ0n) is 20.0. The van der Waals surface area contributed by atoms with Gasteiger partial charge in [-0.25, -0.2) is 9.36 Å². The van der Waals surface area contributed by atoms with Crippen molar-refractivity contribution in [2.24, 2.45) is 0 Å². The summed E-state index contributed by atoms with van der Waals surface area (Å²) in [5.74, 6) is -0.492. The van der Waals surface area contributed by atoms with E-state index in [1.54, 1.807) is 42.5 Å². The van der Waals surface area contributed by atoms with Gasteiger partial charge in [0.05, 0.1) is 17.3 Å². The predicted octanol–water partition coefficient (Wildman–Crippen LogP) is 3.96. The fourth-order valence-corrected chi connectivity index (χ4v) is 4.74. The number of imidazole rings is 1. The number of halogens is 2. The van der Waals surface area contributed by atoms with Gasteiger partial charge in [-0.15, -0.1) is 0 Å². The topological polar surface area (TPSA) is 137 Å². The lowest BCUT2D eigenvalue weighted by atomic mass is 10.0.